The van der Waals surface area contributed by atoms with Gasteiger partial charge in [-0.05, 0) is 24.3 Å². The molecule has 0 saturated carbocycles. The standard InChI is InChI=1S/C20H28N4O5/c1-20(2,3)15-10-12(19(26)27)7-8-24(15)16-13(11-21)9-14(17(22-16)28-5)18(25)23(4)29-6/h9,12,15H,7-8,10H2,1-6H3,(H,26,27). The third-order valence-electron chi connectivity index (χ3n) is 5.29. The fraction of sp³-hybridized carbons (Fsp3) is 0.600. The van der Waals surface area contributed by atoms with E-state index in [1.165, 1.54) is 27.3 Å². The zero-order valence-corrected chi connectivity index (χ0v) is 17.7. The summed E-state index contributed by atoms with van der Waals surface area (Å²) in [4.78, 5) is 35.5. The van der Waals surface area contributed by atoms with Crippen LogP contribution in [0.25, 0.3) is 0 Å². The Morgan fingerprint density at radius 1 is 1.38 bits per heavy atom. The first-order valence-corrected chi connectivity index (χ1v) is 9.35. The predicted octanol–water partition coefficient (Wildman–Crippen LogP) is 2.31. The molecule has 2 rings (SSSR count). The number of rotatable bonds is 5. The summed E-state index contributed by atoms with van der Waals surface area (Å²) in [6.07, 6.45) is 0.894. The number of carboxylic acid groups (broad SMARTS) is 1. The molecule has 0 bridgehead atoms. The summed E-state index contributed by atoms with van der Waals surface area (Å²) >= 11 is 0. The van der Waals surface area contributed by atoms with E-state index in [0.717, 1.165) is 5.06 Å². The van der Waals surface area contributed by atoms with Gasteiger partial charge in [0.15, 0.2) is 5.82 Å². The third-order valence-corrected chi connectivity index (χ3v) is 5.29. The van der Waals surface area contributed by atoms with Crippen LogP contribution in [-0.4, -0.2) is 60.9 Å². The number of hydrogen-bond acceptors (Lipinski definition) is 7. The van der Waals surface area contributed by atoms with Gasteiger partial charge in [-0.15, -0.1) is 0 Å². The van der Waals surface area contributed by atoms with Gasteiger partial charge in [0, 0.05) is 19.6 Å². The van der Waals surface area contributed by atoms with Crippen molar-refractivity contribution in [1.82, 2.24) is 10.0 Å². The van der Waals surface area contributed by atoms with Crippen LogP contribution >= 0.6 is 0 Å². The van der Waals surface area contributed by atoms with E-state index in [0.29, 0.717) is 25.2 Å². The molecule has 0 aliphatic carbocycles. The Morgan fingerprint density at radius 3 is 2.52 bits per heavy atom. The molecule has 1 aliphatic rings. The number of hydroxylamine groups is 2. The van der Waals surface area contributed by atoms with E-state index in [4.69, 9.17) is 9.57 Å². The normalized spacial score (nSPS) is 19.4. The number of amides is 1. The van der Waals surface area contributed by atoms with Crippen LogP contribution in [0.15, 0.2) is 6.07 Å². The smallest absolute Gasteiger partial charge is 0.306 e. The highest BCUT2D eigenvalue weighted by atomic mass is 16.7. The molecule has 2 heterocycles. The summed E-state index contributed by atoms with van der Waals surface area (Å²) in [6, 6.07) is 3.41. The van der Waals surface area contributed by atoms with Gasteiger partial charge in [-0.25, -0.2) is 5.06 Å². The van der Waals surface area contributed by atoms with Gasteiger partial charge in [0.25, 0.3) is 5.91 Å². The van der Waals surface area contributed by atoms with E-state index in [1.807, 2.05) is 25.7 Å². The Bertz CT molecular complexity index is 827. The van der Waals surface area contributed by atoms with E-state index in [-0.39, 0.29) is 28.5 Å². The van der Waals surface area contributed by atoms with Crippen LogP contribution in [-0.2, 0) is 9.63 Å². The van der Waals surface area contributed by atoms with Gasteiger partial charge in [0.2, 0.25) is 5.88 Å². The van der Waals surface area contributed by atoms with Gasteiger partial charge in [-0.1, -0.05) is 20.8 Å². The lowest BCUT2D eigenvalue weighted by Crippen LogP contribution is -2.51. The lowest BCUT2D eigenvalue weighted by atomic mass is 9.77. The molecule has 9 heteroatoms. The molecule has 0 radical (unpaired) electrons. The number of carbonyl (C=O) groups excluding carboxylic acids is 1. The Hall–Kier alpha value is -2.86. The number of carboxylic acids is 1. The van der Waals surface area contributed by atoms with Crippen LogP contribution in [0.3, 0.4) is 0 Å². The maximum atomic E-state index is 12.5. The lowest BCUT2D eigenvalue weighted by molar-refractivity contribution is -0.143. The number of piperidine rings is 1. The maximum absolute atomic E-state index is 12.5. The largest absolute Gasteiger partial charge is 0.481 e. The molecule has 9 nitrogen and oxygen atoms in total. The minimum Gasteiger partial charge on any atom is -0.481 e. The Morgan fingerprint density at radius 2 is 2.03 bits per heavy atom. The number of methoxy groups -OCH3 is 1. The lowest BCUT2D eigenvalue weighted by Gasteiger charge is -2.46. The molecule has 1 aromatic rings. The summed E-state index contributed by atoms with van der Waals surface area (Å²) in [5, 5.41) is 20.2. The summed E-state index contributed by atoms with van der Waals surface area (Å²) < 4.78 is 5.33. The number of aliphatic carboxylic acids is 1. The summed E-state index contributed by atoms with van der Waals surface area (Å²) in [7, 11) is 4.21. The van der Waals surface area contributed by atoms with Crippen molar-refractivity contribution in [3.63, 3.8) is 0 Å². The van der Waals surface area contributed by atoms with Gasteiger partial charge in [0.1, 0.15) is 11.6 Å². The molecule has 1 saturated heterocycles. The maximum Gasteiger partial charge on any atom is 0.306 e. The Labute approximate surface area is 170 Å². The summed E-state index contributed by atoms with van der Waals surface area (Å²) in [6.45, 7) is 6.53. The van der Waals surface area contributed by atoms with Gasteiger partial charge in [-0.2, -0.15) is 10.2 Å². The molecule has 2 atom stereocenters. The van der Waals surface area contributed by atoms with Gasteiger partial charge in [-0.3, -0.25) is 14.4 Å². The fourth-order valence-electron chi connectivity index (χ4n) is 3.61. The highest BCUT2D eigenvalue weighted by Crippen LogP contribution is 2.39. The van der Waals surface area contributed by atoms with Crippen molar-refractivity contribution < 1.29 is 24.3 Å². The number of pyridine rings is 1. The highest BCUT2D eigenvalue weighted by Gasteiger charge is 2.40. The molecule has 0 aromatic carbocycles. The topological polar surface area (TPSA) is 116 Å². The monoisotopic (exact) mass is 404 g/mol. The van der Waals surface area contributed by atoms with Crippen LogP contribution < -0.4 is 9.64 Å². The summed E-state index contributed by atoms with van der Waals surface area (Å²) in [5.41, 5.74) is 0.0899. The minimum absolute atomic E-state index is 0.0842. The number of nitriles is 1. The van der Waals surface area contributed by atoms with Crippen LogP contribution in [0.2, 0.25) is 0 Å². The first-order chi connectivity index (χ1) is 13.5. The summed E-state index contributed by atoms with van der Waals surface area (Å²) in [5.74, 6) is -1.27. The average molecular weight is 404 g/mol. The first-order valence-electron chi connectivity index (χ1n) is 9.35. The average Bonchev–Trinajstić information content (AvgIpc) is 2.70. The van der Waals surface area contributed by atoms with E-state index in [9.17, 15) is 20.0 Å². The highest BCUT2D eigenvalue weighted by molar-refractivity contribution is 5.96. The molecule has 1 aliphatic heterocycles. The SMILES string of the molecule is COc1nc(N2CCC(C(=O)O)CC2C(C)(C)C)c(C#N)cc1C(=O)N(C)OC. The van der Waals surface area contributed by atoms with Crippen LogP contribution in [0.5, 0.6) is 5.88 Å². The Balaban J connectivity index is 2.56. The van der Waals surface area contributed by atoms with Crippen LogP contribution in [0, 0.1) is 22.7 Å². The van der Waals surface area contributed by atoms with E-state index < -0.39 is 17.8 Å². The van der Waals surface area contributed by atoms with E-state index >= 15 is 0 Å². The zero-order chi connectivity index (χ0) is 21.9. The van der Waals surface area contributed by atoms with Gasteiger partial charge in [0.05, 0.1) is 25.7 Å². The number of carbonyl (C=O) groups is 2. The van der Waals surface area contributed by atoms with Gasteiger partial charge < -0.3 is 14.7 Å². The molecule has 1 aromatic heterocycles. The fourth-order valence-corrected chi connectivity index (χ4v) is 3.61. The second-order valence-corrected chi connectivity index (χ2v) is 8.15. The number of anilines is 1. The van der Waals surface area contributed by atoms with Crippen LogP contribution in [0.1, 0.15) is 49.5 Å². The molecule has 1 amide bonds. The van der Waals surface area contributed by atoms with Crippen molar-refractivity contribution in [3.8, 4) is 11.9 Å². The Kier molecular flexibility index (Phi) is 6.69. The van der Waals surface area contributed by atoms with Crippen molar-refractivity contribution in [2.45, 2.75) is 39.7 Å². The van der Waals surface area contributed by atoms with Crippen molar-refractivity contribution in [1.29, 1.82) is 5.26 Å². The van der Waals surface area contributed by atoms with Crippen molar-refractivity contribution in [3.05, 3.63) is 17.2 Å². The number of aromatic nitrogens is 1. The van der Waals surface area contributed by atoms with Crippen LogP contribution in [0.4, 0.5) is 5.82 Å². The molecule has 158 valence electrons. The quantitative estimate of drug-likeness (QED) is 0.743. The molecule has 1 fully saturated rings. The van der Waals surface area contributed by atoms with Gasteiger partial charge >= 0.3 is 5.97 Å². The second-order valence-electron chi connectivity index (χ2n) is 8.15. The van der Waals surface area contributed by atoms with E-state index in [1.54, 1.807) is 0 Å². The first kappa shape index (κ1) is 22.4. The molecular weight excluding hydrogens is 376 g/mol. The minimum atomic E-state index is -0.812. The molecule has 2 unspecified atom stereocenters. The number of nitrogens with zero attached hydrogens (tertiary/aromatic N) is 4. The van der Waals surface area contributed by atoms with Crippen molar-refractivity contribution in [2.24, 2.45) is 11.3 Å². The molecular formula is C20H28N4O5. The number of ether oxygens (including phenoxy) is 1. The molecule has 29 heavy (non-hydrogen) atoms. The predicted molar refractivity (Wildman–Crippen MR) is 106 cm³/mol. The zero-order valence-electron chi connectivity index (χ0n) is 17.7. The molecule has 1 N–H and O–H groups in total. The van der Waals surface area contributed by atoms with Crippen molar-refractivity contribution in [2.75, 3.05) is 32.7 Å². The number of hydrogen-bond donors (Lipinski definition) is 1. The third kappa shape index (κ3) is 4.59. The second kappa shape index (κ2) is 8.66. The van der Waals surface area contributed by atoms with Crippen molar-refractivity contribution >= 4 is 17.7 Å². The molecule has 0 spiro atoms. The van der Waals surface area contributed by atoms with E-state index in [2.05, 4.69) is 11.1 Å².